The van der Waals surface area contributed by atoms with E-state index in [4.69, 9.17) is 9.47 Å². The number of ether oxygens (including phenoxy) is 2. The average Bonchev–Trinajstić information content (AvgIpc) is 2.98. The second-order valence-corrected chi connectivity index (χ2v) is 8.42. The van der Waals surface area contributed by atoms with Crippen LogP contribution in [-0.4, -0.2) is 68.0 Å². The minimum atomic E-state index is -0.0347. The van der Waals surface area contributed by atoms with Crippen LogP contribution >= 0.6 is 0 Å². The van der Waals surface area contributed by atoms with Crippen molar-refractivity contribution in [2.45, 2.75) is 38.6 Å². The molecule has 0 bridgehead atoms. The Morgan fingerprint density at radius 2 is 2.11 bits per heavy atom. The van der Waals surface area contributed by atoms with Gasteiger partial charge in [-0.1, -0.05) is 39.0 Å². The van der Waals surface area contributed by atoms with Crippen LogP contribution in [0.2, 0.25) is 0 Å². The summed E-state index contributed by atoms with van der Waals surface area (Å²) in [6, 6.07) is 8.37. The summed E-state index contributed by atoms with van der Waals surface area (Å²) in [7, 11) is 3.75. The van der Waals surface area contributed by atoms with Crippen molar-refractivity contribution in [1.29, 1.82) is 0 Å². The van der Waals surface area contributed by atoms with Crippen LogP contribution in [0.5, 0.6) is 5.75 Å². The van der Waals surface area contributed by atoms with Crippen LogP contribution in [0.25, 0.3) is 0 Å². The van der Waals surface area contributed by atoms with Gasteiger partial charge in [-0.2, -0.15) is 5.10 Å². The van der Waals surface area contributed by atoms with Crippen LogP contribution in [0.1, 0.15) is 32.8 Å². The Kier molecular flexibility index (Phi) is 5.75. The van der Waals surface area contributed by atoms with Gasteiger partial charge >= 0.3 is 0 Å². The highest BCUT2D eigenvalue weighted by Crippen LogP contribution is 2.31. The number of likely N-dealkylation sites (N-methyl/N-ethyl adjacent to an activating group) is 1. The number of nitrogens with zero attached hydrogens (tertiary/aromatic N) is 3. The highest BCUT2D eigenvalue weighted by molar-refractivity contribution is 6.40. The molecule has 0 spiro atoms. The molecule has 6 heteroatoms. The topological polar surface area (TPSA) is 54.4 Å². The summed E-state index contributed by atoms with van der Waals surface area (Å²) in [6.45, 7) is 8.77. The molecule has 6 nitrogen and oxygen atoms in total. The van der Waals surface area contributed by atoms with Gasteiger partial charge in [0.25, 0.3) is 5.91 Å². The van der Waals surface area contributed by atoms with Crippen LogP contribution in [0, 0.1) is 5.92 Å². The summed E-state index contributed by atoms with van der Waals surface area (Å²) in [4.78, 5) is 14.6. The quantitative estimate of drug-likeness (QED) is 0.796. The summed E-state index contributed by atoms with van der Waals surface area (Å²) in [6.07, 6.45) is 0.915. The van der Waals surface area contributed by atoms with Crippen molar-refractivity contribution in [2.75, 3.05) is 40.5 Å². The van der Waals surface area contributed by atoms with Crippen molar-refractivity contribution in [2.24, 2.45) is 11.0 Å². The lowest BCUT2D eigenvalue weighted by molar-refractivity contribution is -0.123. The van der Waals surface area contributed by atoms with Crippen molar-refractivity contribution in [3.05, 3.63) is 29.8 Å². The van der Waals surface area contributed by atoms with Crippen molar-refractivity contribution >= 4 is 11.6 Å². The number of hydrazone groups is 1. The number of amides is 1. The maximum Gasteiger partial charge on any atom is 0.270 e. The first-order valence-corrected chi connectivity index (χ1v) is 9.66. The minimum absolute atomic E-state index is 0.0114. The molecule has 1 aromatic rings. The van der Waals surface area contributed by atoms with E-state index in [1.54, 1.807) is 11.9 Å². The molecule has 2 atom stereocenters. The molecule has 148 valence electrons. The van der Waals surface area contributed by atoms with E-state index >= 15 is 0 Å². The van der Waals surface area contributed by atoms with Crippen LogP contribution in [0.3, 0.4) is 0 Å². The van der Waals surface area contributed by atoms with Crippen molar-refractivity contribution in [1.82, 2.24) is 9.91 Å². The van der Waals surface area contributed by atoms with Gasteiger partial charge in [0.2, 0.25) is 0 Å². The summed E-state index contributed by atoms with van der Waals surface area (Å²) in [5.41, 5.74) is 1.79. The van der Waals surface area contributed by atoms with Gasteiger partial charge in [-0.25, -0.2) is 0 Å². The number of hydrogen-bond donors (Lipinski definition) is 0. The van der Waals surface area contributed by atoms with Crippen molar-refractivity contribution < 1.29 is 14.3 Å². The predicted molar refractivity (Wildman–Crippen MR) is 106 cm³/mol. The molecular formula is C21H31N3O3. The van der Waals surface area contributed by atoms with Gasteiger partial charge in [-0.3, -0.25) is 9.80 Å². The molecule has 0 saturated carbocycles. The maximum atomic E-state index is 12.9. The molecule has 2 aliphatic rings. The lowest BCUT2D eigenvalue weighted by Crippen LogP contribution is -2.44. The minimum Gasteiger partial charge on any atom is -0.491 e. The molecule has 1 fully saturated rings. The maximum absolute atomic E-state index is 12.9. The van der Waals surface area contributed by atoms with Gasteiger partial charge in [-0.05, 0) is 23.5 Å². The second kappa shape index (κ2) is 7.89. The van der Waals surface area contributed by atoms with E-state index in [1.165, 1.54) is 5.56 Å². The molecule has 3 rings (SSSR count). The van der Waals surface area contributed by atoms with Crippen molar-refractivity contribution in [3.63, 3.8) is 0 Å². The monoisotopic (exact) mass is 373 g/mol. The second-order valence-electron chi connectivity index (χ2n) is 8.42. The van der Waals surface area contributed by atoms with E-state index < -0.39 is 0 Å². The number of rotatable bonds is 5. The van der Waals surface area contributed by atoms with Crippen molar-refractivity contribution in [3.8, 4) is 5.75 Å². The zero-order valence-electron chi connectivity index (χ0n) is 17.1. The summed E-state index contributed by atoms with van der Waals surface area (Å²) in [5.74, 6) is 0.915. The molecule has 0 N–H and O–H groups in total. The lowest BCUT2D eigenvalue weighted by Gasteiger charge is -2.29. The summed E-state index contributed by atoms with van der Waals surface area (Å²) < 4.78 is 11.6. The zero-order valence-corrected chi connectivity index (χ0v) is 17.1. The highest BCUT2D eigenvalue weighted by Gasteiger charge is 2.41. The van der Waals surface area contributed by atoms with Crippen LogP contribution < -0.4 is 4.74 Å². The molecular weight excluding hydrogens is 342 g/mol. The summed E-state index contributed by atoms with van der Waals surface area (Å²) >= 11 is 0. The smallest absolute Gasteiger partial charge is 0.270 e. The van der Waals surface area contributed by atoms with Crippen LogP contribution in [0.4, 0.5) is 0 Å². The van der Waals surface area contributed by atoms with Gasteiger partial charge in [0.15, 0.2) is 0 Å². The number of benzene rings is 1. The number of hydrogen-bond acceptors (Lipinski definition) is 5. The summed E-state index contributed by atoms with van der Waals surface area (Å²) in [5, 5.41) is 6.43. The van der Waals surface area contributed by atoms with Gasteiger partial charge in [0.1, 0.15) is 18.1 Å². The fraction of sp³-hybridized carbons (Fsp3) is 0.619. The molecule has 2 unspecified atom stereocenters. The third kappa shape index (κ3) is 4.26. The first-order valence-electron chi connectivity index (χ1n) is 9.66. The van der Waals surface area contributed by atoms with Gasteiger partial charge in [0, 0.05) is 20.7 Å². The third-order valence-electron chi connectivity index (χ3n) is 5.36. The average molecular weight is 373 g/mol. The Morgan fingerprint density at radius 3 is 2.85 bits per heavy atom. The highest BCUT2D eigenvalue weighted by atomic mass is 16.5. The first kappa shape index (κ1) is 19.7. The molecule has 2 heterocycles. The molecule has 27 heavy (non-hydrogen) atoms. The van der Waals surface area contributed by atoms with E-state index in [2.05, 4.69) is 31.9 Å². The number of carbonyl (C=O) groups is 1. The molecule has 1 saturated heterocycles. The zero-order chi connectivity index (χ0) is 19.6. The Morgan fingerprint density at radius 1 is 1.37 bits per heavy atom. The Hall–Kier alpha value is -2.08. The van der Waals surface area contributed by atoms with Gasteiger partial charge in [-0.15, -0.1) is 0 Å². The third-order valence-corrected chi connectivity index (χ3v) is 5.36. The first-order chi connectivity index (χ1) is 12.8. The Balaban J connectivity index is 1.58. The lowest BCUT2D eigenvalue weighted by atomic mass is 9.86. The van der Waals surface area contributed by atoms with E-state index in [1.807, 2.05) is 30.3 Å². The van der Waals surface area contributed by atoms with Gasteiger partial charge in [0.05, 0.1) is 25.1 Å². The molecule has 1 aromatic carbocycles. The van der Waals surface area contributed by atoms with E-state index in [0.717, 1.165) is 18.8 Å². The number of carbonyl (C=O) groups excluding carboxylic acids is 1. The van der Waals surface area contributed by atoms with E-state index in [9.17, 15) is 4.79 Å². The standard InChI is InChI=1S/C21H31N3O3/c1-21(2,3)16-8-6-7-9-18(16)27-13-11-23(4)20(25)19-15-14-26-12-10-17(15)24(5)22-19/h6-9,15,17H,10-14H2,1-5H3. The molecule has 0 aromatic heterocycles. The molecule has 0 radical (unpaired) electrons. The fourth-order valence-corrected chi connectivity index (χ4v) is 3.76. The normalized spacial score (nSPS) is 22.3. The van der Waals surface area contributed by atoms with E-state index in [0.29, 0.717) is 25.5 Å². The Labute approximate surface area is 162 Å². The van der Waals surface area contributed by atoms with E-state index in [-0.39, 0.29) is 23.3 Å². The number of fused-ring (bicyclic) bond motifs is 1. The Bertz CT molecular complexity index is 711. The number of para-hydroxylation sites is 1. The fourth-order valence-electron chi connectivity index (χ4n) is 3.76. The predicted octanol–water partition coefficient (Wildman–Crippen LogP) is 2.53. The molecule has 1 amide bonds. The molecule has 2 aliphatic heterocycles. The van der Waals surface area contributed by atoms with Crippen LogP contribution in [0.15, 0.2) is 29.4 Å². The van der Waals surface area contributed by atoms with Gasteiger partial charge < -0.3 is 14.4 Å². The largest absolute Gasteiger partial charge is 0.491 e. The SMILES string of the molecule is CN(CCOc1ccccc1C(C)(C)C)C(=O)C1=NN(C)C2CCOCC12. The molecule has 0 aliphatic carbocycles. The van der Waals surface area contributed by atoms with Crippen LogP contribution in [-0.2, 0) is 14.9 Å².